The van der Waals surface area contributed by atoms with Gasteiger partial charge in [0.1, 0.15) is 6.61 Å². The molecule has 30 heavy (non-hydrogen) atoms. The molecule has 149 valence electrons. The van der Waals surface area contributed by atoms with E-state index >= 15 is 0 Å². The van der Waals surface area contributed by atoms with Crippen LogP contribution < -0.4 is 9.47 Å². The van der Waals surface area contributed by atoms with Crippen molar-refractivity contribution in [3.63, 3.8) is 0 Å². The Morgan fingerprint density at radius 2 is 1.27 bits per heavy atom. The molecule has 0 saturated heterocycles. The van der Waals surface area contributed by atoms with Gasteiger partial charge < -0.3 is 9.47 Å². The molecular formula is C28H25O2. The van der Waals surface area contributed by atoms with Crippen LogP contribution in [0.1, 0.15) is 18.1 Å². The van der Waals surface area contributed by atoms with E-state index in [1.54, 1.807) is 7.11 Å². The number of aryl methyl sites for hydroxylation is 1. The molecule has 0 bridgehead atoms. The average Bonchev–Trinajstić information content (AvgIpc) is 2.83. The highest BCUT2D eigenvalue weighted by Crippen LogP contribution is 2.47. The standard InChI is InChI=1S/C28H25O2/c1-3-22-19-25(23-15-9-5-10-16-23)26(24-17-11-6-12-18-24)28(29-2)27(22)30-20-21-13-7-4-8-14-21/h4-18H,3,20H2,1-2H3. The minimum absolute atomic E-state index is 0.483. The molecule has 0 aliphatic heterocycles. The number of hydrogen-bond donors (Lipinski definition) is 0. The summed E-state index contributed by atoms with van der Waals surface area (Å²) in [6.45, 7) is 2.61. The van der Waals surface area contributed by atoms with E-state index in [1.165, 1.54) is 0 Å². The third kappa shape index (κ3) is 4.08. The van der Waals surface area contributed by atoms with Crippen LogP contribution in [0.3, 0.4) is 0 Å². The Morgan fingerprint density at radius 1 is 0.700 bits per heavy atom. The van der Waals surface area contributed by atoms with Crippen LogP contribution in [-0.2, 0) is 13.0 Å². The van der Waals surface area contributed by atoms with E-state index in [9.17, 15) is 0 Å². The highest BCUT2D eigenvalue weighted by atomic mass is 16.5. The first-order valence-corrected chi connectivity index (χ1v) is 10.3. The highest BCUT2D eigenvalue weighted by Gasteiger charge is 2.22. The monoisotopic (exact) mass is 393 g/mol. The minimum atomic E-state index is 0.483. The Hall–Kier alpha value is -3.52. The zero-order valence-corrected chi connectivity index (χ0v) is 17.4. The quantitative estimate of drug-likeness (QED) is 0.337. The van der Waals surface area contributed by atoms with E-state index < -0.39 is 0 Å². The molecule has 2 nitrogen and oxygen atoms in total. The summed E-state index contributed by atoms with van der Waals surface area (Å²) in [4.78, 5) is 0. The molecular weight excluding hydrogens is 368 g/mol. The van der Waals surface area contributed by atoms with Crippen LogP contribution in [-0.4, -0.2) is 7.11 Å². The first kappa shape index (κ1) is 19.8. The van der Waals surface area contributed by atoms with Gasteiger partial charge in [0, 0.05) is 16.7 Å². The second kappa shape index (κ2) is 9.32. The van der Waals surface area contributed by atoms with E-state index in [4.69, 9.17) is 9.47 Å². The van der Waals surface area contributed by atoms with Crippen LogP contribution in [0.4, 0.5) is 0 Å². The van der Waals surface area contributed by atoms with Gasteiger partial charge in [-0.1, -0.05) is 97.9 Å². The third-order valence-electron chi connectivity index (χ3n) is 5.14. The van der Waals surface area contributed by atoms with Crippen LogP contribution in [0.25, 0.3) is 22.3 Å². The molecule has 0 N–H and O–H groups in total. The number of ether oxygens (including phenoxy) is 2. The van der Waals surface area contributed by atoms with Crippen molar-refractivity contribution >= 4 is 0 Å². The lowest BCUT2D eigenvalue weighted by Gasteiger charge is -2.21. The van der Waals surface area contributed by atoms with Crippen LogP contribution in [0, 0.1) is 6.07 Å². The summed E-state index contributed by atoms with van der Waals surface area (Å²) in [5, 5.41) is 0. The number of rotatable bonds is 7. The summed E-state index contributed by atoms with van der Waals surface area (Å²) in [5.74, 6) is 1.52. The summed E-state index contributed by atoms with van der Waals surface area (Å²) < 4.78 is 12.3. The molecule has 4 rings (SSSR count). The largest absolute Gasteiger partial charge is 0.492 e. The molecule has 0 aliphatic rings. The van der Waals surface area contributed by atoms with Crippen molar-refractivity contribution in [2.24, 2.45) is 0 Å². The first-order valence-electron chi connectivity index (χ1n) is 10.3. The number of methoxy groups -OCH3 is 1. The van der Waals surface area contributed by atoms with Gasteiger partial charge in [-0.15, -0.1) is 0 Å². The van der Waals surface area contributed by atoms with Gasteiger partial charge in [0.2, 0.25) is 0 Å². The van der Waals surface area contributed by atoms with Gasteiger partial charge in [0.15, 0.2) is 11.5 Å². The molecule has 0 atom stereocenters. The fraction of sp³-hybridized carbons (Fsp3) is 0.143. The van der Waals surface area contributed by atoms with Gasteiger partial charge in [-0.05, 0) is 29.2 Å². The SMILES string of the molecule is CCc1[c]c(-c2ccccc2)c(-c2ccccc2)c(OC)c1OCc1ccccc1. The summed E-state index contributed by atoms with van der Waals surface area (Å²) in [6, 6.07) is 34.5. The molecule has 0 fully saturated rings. The molecule has 2 heteroatoms. The molecule has 4 aromatic rings. The molecule has 1 radical (unpaired) electrons. The summed E-state index contributed by atoms with van der Waals surface area (Å²) in [5.41, 5.74) is 6.36. The summed E-state index contributed by atoms with van der Waals surface area (Å²) in [6.07, 6.45) is 0.801. The van der Waals surface area contributed by atoms with Gasteiger partial charge in [-0.3, -0.25) is 0 Å². The van der Waals surface area contributed by atoms with Crippen molar-refractivity contribution in [1.29, 1.82) is 0 Å². The third-order valence-corrected chi connectivity index (χ3v) is 5.14. The van der Waals surface area contributed by atoms with Gasteiger partial charge in [0.05, 0.1) is 7.11 Å². The zero-order chi connectivity index (χ0) is 20.8. The Bertz CT molecular complexity index is 1090. The molecule has 0 aromatic heterocycles. The van der Waals surface area contributed by atoms with Crippen molar-refractivity contribution in [3.05, 3.63) is 108 Å². The fourth-order valence-corrected chi connectivity index (χ4v) is 3.66. The topological polar surface area (TPSA) is 18.5 Å². The van der Waals surface area contributed by atoms with E-state index in [-0.39, 0.29) is 0 Å². The van der Waals surface area contributed by atoms with Crippen LogP contribution in [0.2, 0.25) is 0 Å². The predicted octanol–water partition coefficient (Wildman–Crippen LogP) is 6.97. The normalized spacial score (nSPS) is 10.6. The highest BCUT2D eigenvalue weighted by molar-refractivity contribution is 5.90. The maximum absolute atomic E-state index is 6.33. The van der Waals surface area contributed by atoms with Gasteiger partial charge >= 0.3 is 0 Å². The van der Waals surface area contributed by atoms with Crippen LogP contribution in [0.15, 0.2) is 91.0 Å². The molecule has 4 aromatic carbocycles. The summed E-state index contributed by atoms with van der Waals surface area (Å²) in [7, 11) is 1.71. The van der Waals surface area contributed by atoms with Gasteiger partial charge in [0.25, 0.3) is 0 Å². The second-order valence-corrected chi connectivity index (χ2v) is 7.08. The molecule has 0 heterocycles. The lowest BCUT2D eigenvalue weighted by atomic mass is 9.90. The van der Waals surface area contributed by atoms with Crippen LogP contribution >= 0.6 is 0 Å². The van der Waals surface area contributed by atoms with Gasteiger partial charge in [-0.2, -0.15) is 0 Å². The van der Waals surface area contributed by atoms with E-state index in [0.29, 0.717) is 6.61 Å². The number of benzene rings is 4. The maximum atomic E-state index is 6.33. The smallest absolute Gasteiger partial charge is 0.169 e. The maximum Gasteiger partial charge on any atom is 0.169 e. The Kier molecular flexibility index (Phi) is 6.14. The predicted molar refractivity (Wildman–Crippen MR) is 123 cm³/mol. The lowest BCUT2D eigenvalue weighted by Crippen LogP contribution is -2.04. The molecule has 0 unspecified atom stereocenters. The van der Waals surface area contributed by atoms with Crippen molar-refractivity contribution in [3.8, 4) is 33.8 Å². The Labute approximate surface area is 178 Å². The van der Waals surface area contributed by atoms with E-state index in [2.05, 4.69) is 61.5 Å². The molecule has 0 spiro atoms. The summed E-state index contributed by atoms with van der Waals surface area (Å²) >= 11 is 0. The second-order valence-electron chi connectivity index (χ2n) is 7.08. The fourth-order valence-electron chi connectivity index (χ4n) is 3.66. The molecule has 0 saturated carbocycles. The van der Waals surface area contributed by atoms with Gasteiger partial charge in [-0.25, -0.2) is 0 Å². The zero-order valence-electron chi connectivity index (χ0n) is 17.4. The minimum Gasteiger partial charge on any atom is -0.492 e. The molecule has 0 amide bonds. The Balaban J connectivity index is 1.90. The van der Waals surface area contributed by atoms with Crippen molar-refractivity contribution < 1.29 is 9.47 Å². The average molecular weight is 394 g/mol. The van der Waals surface area contributed by atoms with E-state index in [1.807, 2.05) is 42.5 Å². The van der Waals surface area contributed by atoms with Crippen molar-refractivity contribution in [2.75, 3.05) is 7.11 Å². The Morgan fingerprint density at radius 3 is 1.83 bits per heavy atom. The van der Waals surface area contributed by atoms with Crippen LogP contribution in [0.5, 0.6) is 11.5 Å². The molecule has 0 aliphatic carbocycles. The number of hydrogen-bond acceptors (Lipinski definition) is 2. The van der Waals surface area contributed by atoms with E-state index in [0.717, 1.165) is 51.3 Å². The van der Waals surface area contributed by atoms with Crippen molar-refractivity contribution in [2.45, 2.75) is 20.0 Å². The first-order chi connectivity index (χ1) is 14.8. The van der Waals surface area contributed by atoms with Crippen molar-refractivity contribution in [1.82, 2.24) is 0 Å². The lowest BCUT2D eigenvalue weighted by molar-refractivity contribution is 0.282.